The van der Waals surface area contributed by atoms with Crippen LogP contribution in [0.3, 0.4) is 0 Å². The molecule has 2 aromatic heterocycles. The molecule has 1 aliphatic heterocycles. The van der Waals surface area contributed by atoms with Gasteiger partial charge in [0.2, 0.25) is 0 Å². The second-order valence-electron chi connectivity index (χ2n) is 6.09. The largest absolute Gasteiger partial charge is 0.347 e. The van der Waals surface area contributed by atoms with Gasteiger partial charge in [0.25, 0.3) is 5.91 Å². The van der Waals surface area contributed by atoms with E-state index in [0.29, 0.717) is 5.56 Å². The Morgan fingerprint density at radius 1 is 1.29 bits per heavy atom. The SMILES string of the molecule is CCc1nnc2n1C[C@@H](NC(=O)c1cccc3cccnc13)CC2. The highest BCUT2D eigenvalue weighted by molar-refractivity contribution is 6.05. The minimum atomic E-state index is -0.0705. The van der Waals surface area contributed by atoms with E-state index < -0.39 is 0 Å². The Morgan fingerprint density at radius 2 is 2.17 bits per heavy atom. The van der Waals surface area contributed by atoms with Gasteiger partial charge >= 0.3 is 0 Å². The van der Waals surface area contributed by atoms with Gasteiger partial charge in [-0.1, -0.05) is 25.1 Å². The van der Waals surface area contributed by atoms with Crippen molar-refractivity contribution in [2.45, 2.75) is 38.8 Å². The van der Waals surface area contributed by atoms with E-state index >= 15 is 0 Å². The molecule has 1 N–H and O–H groups in total. The molecule has 1 atom stereocenters. The summed E-state index contributed by atoms with van der Waals surface area (Å²) in [5, 5.41) is 12.6. The van der Waals surface area contributed by atoms with E-state index in [1.165, 1.54) is 0 Å². The molecule has 1 aliphatic rings. The number of hydrogen-bond donors (Lipinski definition) is 1. The Hall–Kier alpha value is -2.76. The van der Waals surface area contributed by atoms with Crippen LogP contribution < -0.4 is 5.32 Å². The van der Waals surface area contributed by atoms with Crippen molar-refractivity contribution in [2.75, 3.05) is 0 Å². The third kappa shape index (κ3) is 2.54. The third-order valence-corrected chi connectivity index (χ3v) is 4.55. The van der Waals surface area contributed by atoms with Crippen molar-refractivity contribution >= 4 is 16.8 Å². The van der Waals surface area contributed by atoms with Crippen molar-refractivity contribution < 1.29 is 4.79 Å². The van der Waals surface area contributed by atoms with E-state index in [1.807, 2.05) is 30.3 Å². The molecular weight excluding hydrogens is 302 g/mol. The average Bonchev–Trinajstić information content (AvgIpc) is 3.03. The summed E-state index contributed by atoms with van der Waals surface area (Å²) in [4.78, 5) is 17.1. The van der Waals surface area contributed by atoms with Crippen molar-refractivity contribution in [1.82, 2.24) is 25.1 Å². The van der Waals surface area contributed by atoms with Crippen LogP contribution in [-0.4, -0.2) is 31.7 Å². The van der Waals surface area contributed by atoms with Gasteiger partial charge in [-0.25, -0.2) is 0 Å². The maximum atomic E-state index is 12.7. The third-order valence-electron chi connectivity index (χ3n) is 4.55. The van der Waals surface area contributed by atoms with Crippen LogP contribution in [0.5, 0.6) is 0 Å². The summed E-state index contributed by atoms with van der Waals surface area (Å²) in [6.45, 7) is 2.80. The summed E-state index contributed by atoms with van der Waals surface area (Å²) in [6.07, 6.45) is 4.29. The second kappa shape index (κ2) is 6.03. The number of nitrogens with zero attached hydrogens (tertiary/aromatic N) is 4. The Bertz CT molecular complexity index is 883. The molecule has 0 spiro atoms. The van der Waals surface area contributed by atoms with Crippen molar-refractivity contribution in [3.05, 3.63) is 53.7 Å². The molecule has 122 valence electrons. The van der Waals surface area contributed by atoms with Gasteiger partial charge in [-0.2, -0.15) is 0 Å². The van der Waals surface area contributed by atoms with Crippen molar-refractivity contribution in [3.63, 3.8) is 0 Å². The van der Waals surface area contributed by atoms with Gasteiger partial charge in [0.1, 0.15) is 11.6 Å². The number of rotatable bonds is 3. The fraction of sp³-hybridized carbons (Fsp3) is 0.333. The summed E-state index contributed by atoms with van der Waals surface area (Å²) in [5.74, 6) is 1.93. The molecule has 0 saturated carbocycles. The average molecular weight is 321 g/mol. The Labute approximate surface area is 139 Å². The lowest BCUT2D eigenvalue weighted by Crippen LogP contribution is -2.41. The molecule has 3 heterocycles. The molecule has 6 nitrogen and oxygen atoms in total. The van der Waals surface area contributed by atoms with Gasteiger partial charge in [0, 0.05) is 37.0 Å². The number of pyridine rings is 1. The van der Waals surface area contributed by atoms with Crippen LogP contribution in [0.1, 0.15) is 35.4 Å². The fourth-order valence-corrected chi connectivity index (χ4v) is 3.31. The van der Waals surface area contributed by atoms with Crippen LogP contribution in [0.2, 0.25) is 0 Å². The van der Waals surface area contributed by atoms with Crippen LogP contribution >= 0.6 is 0 Å². The number of benzene rings is 1. The predicted molar refractivity (Wildman–Crippen MR) is 90.7 cm³/mol. The molecule has 6 heteroatoms. The first-order valence-electron chi connectivity index (χ1n) is 8.32. The number of hydrogen-bond acceptors (Lipinski definition) is 4. The Kier molecular flexibility index (Phi) is 3.72. The number of para-hydroxylation sites is 1. The first kappa shape index (κ1) is 14.8. The highest BCUT2D eigenvalue weighted by Crippen LogP contribution is 2.18. The molecule has 0 fully saturated rings. The summed E-state index contributed by atoms with van der Waals surface area (Å²) < 4.78 is 2.13. The zero-order chi connectivity index (χ0) is 16.5. The van der Waals surface area contributed by atoms with Crippen LogP contribution in [0.15, 0.2) is 36.5 Å². The molecule has 0 bridgehead atoms. The lowest BCUT2D eigenvalue weighted by atomic mass is 10.0. The zero-order valence-electron chi connectivity index (χ0n) is 13.6. The summed E-state index contributed by atoms with van der Waals surface area (Å²) >= 11 is 0. The van der Waals surface area contributed by atoms with E-state index in [1.54, 1.807) is 6.20 Å². The van der Waals surface area contributed by atoms with Gasteiger partial charge in [-0.3, -0.25) is 9.78 Å². The molecule has 0 aliphatic carbocycles. The Morgan fingerprint density at radius 3 is 3.04 bits per heavy atom. The molecule has 3 aromatic rings. The summed E-state index contributed by atoms with van der Waals surface area (Å²) in [7, 11) is 0. The minimum Gasteiger partial charge on any atom is -0.347 e. The number of amides is 1. The highest BCUT2D eigenvalue weighted by Gasteiger charge is 2.24. The molecule has 4 rings (SSSR count). The molecule has 1 aromatic carbocycles. The van der Waals surface area contributed by atoms with E-state index in [0.717, 1.165) is 48.4 Å². The quantitative estimate of drug-likeness (QED) is 0.802. The normalized spacial score (nSPS) is 16.8. The fourth-order valence-electron chi connectivity index (χ4n) is 3.31. The second-order valence-corrected chi connectivity index (χ2v) is 6.09. The van der Waals surface area contributed by atoms with E-state index in [4.69, 9.17) is 0 Å². The lowest BCUT2D eigenvalue weighted by molar-refractivity contribution is 0.0928. The monoisotopic (exact) mass is 321 g/mol. The molecule has 0 saturated heterocycles. The maximum absolute atomic E-state index is 12.7. The van der Waals surface area contributed by atoms with Crippen molar-refractivity contribution in [2.24, 2.45) is 0 Å². The van der Waals surface area contributed by atoms with E-state index in [-0.39, 0.29) is 11.9 Å². The number of carbonyl (C=O) groups is 1. The minimum absolute atomic E-state index is 0.0705. The van der Waals surface area contributed by atoms with Gasteiger partial charge in [0.15, 0.2) is 0 Å². The molecule has 0 unspecified atom stereocenters. The number of aromatic nitrogens is 4. The first-order valence-corrected chi connectivity index (χ1v) is 8.32. The molecule has 0 radical (unpaired) electrons. The number of fused-ring (bicyclic) bond motifs is 2. The smallest absolute Gasteiger partial charge is 0.253 e. The maximum Gasteiger partial charge on any atom is 0.253 e. The highest BCUT2D eigenvalue weighted by atomic mass is 16.1. The number of aryl methyl sites for hydroxylation is 2. The first-order chi connectivity index (χ1) is 11.8. The van der Waals surface area contributed by atoms with Gasteiger partial charge in [-0.05, 0) is 18.6 Å². The van der Waals surface area contributed by atoms with Crippen LogP contribution in [0, 0.1) is 0 Å². The standard InChI is InChI=1S/C18H19N5O/c1-2-15-21-22-16-9-8-13(11-23(15)16)20-18(24)14-7-3-5-12-6-4-10-19-17(12)14/h3-7,10,13H,2,8-9,11H2,1H3,(H,20,24)/t13-/m0/s1. The van der Waals surface area contributed by atoms with Gasteiger partial charge < -0.3 is 9.88 Å². The van der Waals surface area contributed by atoms with E-state index in [9.17, 15) is 4.79 Å². The topological polar surface area (TPSA) is 72.7 Å². The van der Waals surface area contributed by atoms with Crippen LogP contribution in [0.4, 0.5) is 0 Å². The molecular formula is C18H19N5O. The molecule has 24 heavy (non-hydrogen) atoms. The number of nitrogens with one attached hydrogen (secondary N) is 1. The lowest BCUT2D eigenvalue weighted by Gasteiger charge is -2.25. The summed E-state index contributed by atoms with van der Waals surface area (Å²) in [5.41, 5.74) is 1.37. The van der Waals surface area contributed by atoms with Crippen LogP contribution in [0.25, 0.3) is 10.9 Å². The van der Waals surface area contributed by atoms with Crippen molar-refractivity contribution in [1.29, 1.82) is 0 Å². The molecule has 1 amide bonds. The van der Waals surface area contributed by atoms with Crippen molar-refractivity contribution in [3.8, 4) is 0 Å². The Balaban J connectivity index is 1.56. The zero-order valence-corrected chi connectivity index (χ0v) is 13.6. The van der Waals surface area contributed by atoms with Gasteiger partial charge in [-0.15, -0.1) is 10.2 Å². The van der Waals surface area contributed by atoms with E-state index in [2.05, 4.69) is 32.0 Å². The summed E-state index contributed by atoms with van der Waals surface area (Å²) in [6, 6.07) is 9.63. The van der Waals surface area contributed by atoms with Gasteiger partial charge in [0.05, 0.1) is 11.1 Å². The van der Waals surface area contributed by atoms with Crippen LogP contribution in [-0.2, 0) is 19.4 Å². The predicted octanol–water partition coefficient (Wildman–Crippen LogP) is 2.13. The number of carbonyl (C=O) groups excluding carboxylic acids is 1.